The van der Waals surface area contributed by atoms with Gasteiger partial charge in [-0.25, -0.2) is 0 Å². The van der Waals surface area contributed by atoms with Gasteiger partial charge in [0.2, 0.25) is 0 Å². The Morgan fingerprint density at radius 3 is 2.29 bits per heavy atom. The Morgan fingerprint density at radius 1 is 1.21 bits per heavy atom. The van der Waals surface area contributed by atoms with E-state index in [9.17, 15) is 18.3 Å². The van der Waals surface area contributed by atoms with Crippen LogP contribution in [0.15, 0.2) is 18.2 Å². The Bertz CT molecular complexity index is 353. The van der Waals surface area contributed by atoms with Crippen molar-refractivity contribution in [3.8, 4) is 5.75 Å². The molecule has 0 saturated heterocycles. The lowest BCUT2D eigenvalue weighted by atomic mass is 10.1. The molecular weight excluding hydrogens is 193 g/mol. The van der Waals surface area contributed by atoms with E-state index >= 15 is 0 Å². The van der Waals surface area contributed by atoms with E-state index in [2.05, 4.69) is 0 Å². The van der Waals surface area contributed by atoms with E-state index in [1.807, 2.05) is 0 Å². The third kappa shape index (κ3) is 1.69. The number of hydrogen-bond acceptors (Lipinski definition) is 1. The minimum atomic E-state index is -4.38. The Hall–Kier alpha value is -1.19. The molecule has 0 atom stereocenters. The molecule has 0 spiro atoms. The second kappa shape index (κ2) is 2.90. The van der Waals surface area contributed by atoms with Crippen molar-refractivity contribution >= 4 is 0 Å². The van der Waals surface area contributed by atoms with Gasteiger partial charge in [0.25, 0.3) is 0 Å². The van der Waals surface area contributed by atoms with Gasteiger partial charge in [-0.2, -0.15) is 13.2 Å². The van der Waals surface area contributed by atoms with Crippen molar-refractivity contribution in [3.05, 3.63) is 29.3 Å². The fourth-order valence-electron chi connectivity index (χ4n) is 1.46. The quantitative estimate of drug-likeness (QED) is 0.740. The molecule has 1 saturated carbocycles. The second-order valence-electron chi connectivity index (χ2n) is 3.55. The van der Waals surface area contributed by atoms with Crippen molar-refractivity contribution in [2.45, 2.75) is 24.9 Å². The van der Waals surface area contributed by atoms with Gasteiger partial charge in [0, 0.05) is 0 Å². The summed E-state index contributed by atoms with van der Waals surface area (Å²) in [5.41, 5.74) is -0.155. The molecule has 1 aliphatic rings. The highest BCUT2D eigenvalue weighted by Crippen LogP contribution is 2.45. The van der Waals surface area contributed by atoms with Gasteiger partial charge in [0.05, 0.1) is 5.56 Å². The number of phenolic OH excluding ortho intramolecular Hbond substituents is 1. The molecule has 14 heavy (non-hydrogen) atoms. The number of rotatable bonds is 1. The maximum atomic E-state index is 12.2. The van der Waals surface area contributed by atoms with Gasteiger partial charge in [-0.15, -0.1) is 0 Å². The third-order valence-corrected chi connectivity index (χ3v) is 2.37. The molecule has 1 aromatic carbocycles. The van der Waals surface area contributed by atoms with Crippen LogP contribution in [0.25, 0.3) is 0 Å². The summed E-state index contributed by atoms with van der Waals surface area (Å²) in [4.78, 5) is 0. The number of halogens is 3. The highest BCUT2D eigenvalue weighted by molar-refractivity contribution is 5.41. The number of aromatic hydroxyl groups is 1. The number of phenols is 1. The van der Waals surface area contributed by atoms with E-state index in [0.717, 1.165) is 25.0 Å². The molecule has 0 radical (unpaired) electrons. The molecule has 4 heteroatoms. The van der Waals surface area contributed by atoms with Crippen molar-refractivity contribution in [2.75, 3.05) is 0 Å². The van der Waals surface area contributed by atoms with Gasteiger partial charge in [-0.1, -0.05) is 6.07 Å². The fourth-order valence-corrected chi connectivity index (χ4v) is 1.46. The van der Waals surface area contributed by atoms with Gasteiger partial charge >= 0.3 is 6.18 Å². The van der Waals surface area contributed by atoms with Gasteiger partial charge in [-0.3, -0.25) is 0 Å². The van der Waals surface area contributed by atoms with Gasteiger partial charge < -0.3 is 5.11 Å². The first-order chi connectivity index (χ1) is 6.48. The molecule has 0 amide bonds. The lowest BCUT2D eigenvalue weighted by Crippen LogP contribution is -2.04. The minimum absolute atomic E-state index is 0.234. The molecule has 1 fully saturated rings. The Kier molecular flexibility index (Phi) is 1.94. The summed E-state index contributed by atoms with van der Waals surface area (Å²) in [5, 5.41) is 9.37. The van der Waals surface area contributed by atoms with Crippen molar-refractivity contribution < 1.29 is 18.3 Å². The van der Waals surface area contributed by atoms with Crippen LogP contribution in [0.4, 0.5) is 13.2 Å². The van der Waals surface area contributed by atoms with E-state index in [4.69, 9.17) is 0 Å². The van der Waals surface area contributed by atoms with E-state index in [0.29, 0.717) is 5.56 Å². The van der Waals surface area contributed by atoms with Crippen LogP contribution in [0, 0.1) is 0 Å². The standard InChI is InChI=1S/C10H9F3O/c11-10(12,13)7-3-4-8(6-1-2-6)9(14)5-7/h3-6,14H,1-2H2. The topological polar surface area (TPSA) is 20.2 Å². The fraction of sp³-hybridized carbons (Fsp3) is 0.400. The van der Waals surface area contributed by atoms with Crippen LogP contribution in [-0.2, 0) is 6.18 Å². The van der Waals surface area contributed by atoms with Gasteiger partial charge in [0.15, 0.2) is 0 Å². The normalized spacial score (nSPS) is 17.1. The molecular formula is C10H9F3O. The molecule has 1 N–H and O–H groups in total. The zero-order valence-electron chi connectivity index (χ0n) is 7.30. The molecule has 1 nitrogen and oxygen atoms in total. The van der Waals surface area contributed by atoms with E-state index in [1.165, 1.54) is 6.07 Å². The number of benzene rings is 1. The van der Waals surface area contributed by atoms with E-state index in [1.54, 1.807) is 0 Å². The third-order valence-electron chi connectivity index (χ3n) is 2.37. The van der Waals surface area contributed by atoms with Crippen LogP contribution >= 0.6 is 0 Å². The summed E-state index contributed by atoms with van der Waals surface area (Å²) in [6.45, 7) is 0. The Balaban J connectivity index is 2.35. The van der Waals surface area contributed by atoms with Crippen molar-refractivity contribution in [1.82, 2.24) is 0 Å². The van der Waals surface area contributed by atoms with Crippen molar-refractivity contribution in [1.29, 1.82) is 0 Å². The largest absolute Gasteiger partial charge is 0.508 e. The lowest BCUT2D eigenvalue weighted by molar-refractivity contribution is -0.137. The summed E-state index contributed by atoms with van der Waals surface area (Å²) in [5.74, 6) is 0.0274. The molecule has 0 aromatic heterocycles. The number of hydrogen-bond donors (Lipinski definition) is 1. The predicted molar refractivity (Wildman–Crippen MR) is 45.1 cm³/mol. The van der Waals surface area contributed by atoms with Crippen LogP contribution in [0.3, 0.4) is 0 Å². The number of alkyl halides is 3. The molecule has 2 rings (SSSR count). The second-order valence-corrected chi connectivity index (χ2v) is 3.55. The minimum Gasteiger partial charge on any atom is -0.508 e. The maximum Gasteiger partial charge on any atom is 0.416 e. The maximum absolute atomic E-state index is 12.2. The predicted octanol–water partition coefficient (Wildman–Crippen LogP) is 3.29. The highest BCUT2D eigenvalue weighted by atomic mass is 19.4. The van der Waals surface area contributed by atoms with Crippen molar-refractivity contribution in [3.63, 3.8) is 0 Å². The first kappa shape index (κ1) is 9.37. The van der Waals surface area contributed by atoms with E-state index < -0.39 is 11.7 Å². The van der Waals surface area contributed by atoms with Crippen LogP contribution in [0.2, 0.25) is 0 Å². The zero-order valence-corrected chi connectivity index (χ0v) is 7.30. The lowest BCUT2D eigenvalue weighted by Gasteiger charge is -2.09. The van der Waals surface area contributed by atoms with Gasteiger partial charge in [0.1, 0.15) is 5.75 Å². The summed E-state index contributed by atoms with van der Waals surface area (Å²) in [7, 11) is 0. The summed E-state index contributed by atoms with van der Waals surface area (Å²) in [6, 6.07) is 3.19. The smallest absolute Gasteiger partial charge is 0.416 e. The van der Waals surface area contributed by atoms with Crippen LogP contribution in [0.1, 0.15) is 29.9 Å². The first-order valence-electron chi connectivity index (χ1n) is 4.38. The average Bonchev–Trinajstić information content (AvgIpc) is 2.85. The van der Waals surface area contributed by atoms with Crippen LogP contribution in [0.5, 0.6) is 5.75 Å². The summed E-state index contributed by atoms with van der Waals surface area (Å²) >= 11 is 0. The Labute approximate surface area is 79.2 Å². The molecule has 1 aliphatic carbocycles. The SMILES string of the molecule is Oc1cc(C(F)(F)F)ccc1C1CC1. The molecule has 0 unspecified atom stereocenters. The average molecular weight is 202 g/mol. The first-order valence-corrected chi connectivity index (χ1v) is 4.38. The molecule has 0 bridgehead atoms. The zero-order chi connectivity index (χ0) is 10.3. The summed E-state index contributed by atoms with van der Waals surface area (Å²) in [6.07, 6.45) is -2.46. The van der Waals surface area contributed by atoms with E-state index in [-0.39, 0.29) is 11.7 Å². The van der Waals surface area contributed by atoms with Crippen LogP contribution < -0.4 is 0 Å². The van der Waals surface area contributed by atoms with Gasteiger partial charge in [-0.05, 0) is 36.5 Å². The van der Waals surface area contributed by atoms with Crippen molar-refractivity contribution in [2.24, 2.45) is 0 Å². The van der Waals surface area contributed by atoms with Crippen LogP contribution in [-0.4, -0.2) is 5.11 Å². The monoisotopic (exact) mass is 202 g/mol. The molecule has 76 valence electrons. The Morgan fingerprint density at radius 2 is 1.86 bits per heavy atom. The molecule has 0 heterocycles. The molecule has 1 aromatic rings. The molecule has 0 aliphatic heterocycles. The highest BCUT2D eigenvalue weighted by Gasteiger charge is 2.33. The summed E-state index contributed by atoms with van der Waals surface area (Å²) < 4.78 is 36.6.